The molecule has 0 unspecified atom stereocenters. The molecule has 0 fully saturated rings. The molecule has 0 saturated carbocycles. The fourth-order valence-corrected chi connectivity index (χ4v) is 2.17. The van der Waals surface area contributed by atoms with Gasteiger partial charge in [-0.15, -0.1) is 12.4 Å². The Morgan fingerprint density at radius 2 is 2.16 bits per heavy atom. The molecule has 0 bridgehead atoms. The van der Waals surface area contributed by atoms with Gasteiger partial charge in [-0.2, -0.15) is 0 Å². The van der Waals surface area contributed by atoms with Crippen LogP contribution >= 0.6 is 12.4 Å². The van der Waals surface area contributed by atoms with Crippen LogP contribution in [0.5, 0.6) is 0 Å². The zero-order chi connectivity index (χ0) is 12.8. The van der Waals surface area contributed by atoms with Crippen molar-refractivity contribution in [1.82, 2.24) is 10.6 Å². The molecule has 4 heteroatoms. The van der Waals surface area contributed by atoms with Crippen molar-refractivity contribution in [2.24, 2.45) is 0 Å². The monoisotopic (exact) mass is 280 g/mol. The van der Waals surface area contributed by atoms with Crippen LogP contribution in [-0.2, 0) is 11.3 Å². The molecule has 2 rings (SSSR count). The summed E-state index contributed by atoms with van der Waals surface area (Å²) in [6.45, 7) is 4.46. The summed E-state index contributed by atoms with van der Waals surface area (Å²) in [5.41, 5.74) is 3.86. The lowest BCUT2D eigenvalue weighted by molar-refractivity contribution is -0.120. The predicted octanol–water partition coefficient (Wildman–Crippen LogP) is 2.51. The third kappa shape index (κ3) is 4.37. The average molecular weight is 281 g/mol. The van der Waals surface area contributed by atoms with E-state index in [1.54, 1.807) is 0 Å². The van der Waals surface area contributed by atoms with Crippen molar-refractivity contribution in [3.8, 4) is 0 Å². The van der Waals surface area contributed by atoms with E-state index in [0.717, 1.165) is 19.5 Å². The number of amides is 1. The topological polar surface area (TPSA) is 41.1 Å². The third-order valence-electron chi connectivity index (χ3n) is 3.22. The number of hydrogen-bond acceptors (Lipinski definition) is 2. The maximum Gasteiger partial charge on any atom is 0.219 e. The normalized spacial score (nSPS) is 14.3. The summed E-state index contributed by atoms with van der Waals surface area (Å²) in [4.78, 5) is 11.3. The van der Waals surface area contributed by atoms with Crippen LogP contribution in [0.15, 0.2) is 30.3 Å². The van der Waals surface area contributed by atoms with Crippen molar-refractivity contribution >= 4 is 23.9 Å². The first kappa shape index (κ1) is 15.7. The van der Waals surface area contributed by atoms with E-state index < -0.39 is 0 Å². The summed E-state index contributed by atoms with van der Waals surface area (Å²) in [6, 6.07) is 8.32. The van der Waals surface area contributed by atoms with Crippen LogP contribution in [0, 0.1) is 0 Å². The Morgan fingerprint density at radius 3 is 2.84 bits per heavy atom. The minimum absolute atomic E-state index is 0. The highest BCUT2D eigenvalue weighted by Crippen LogP contribution is 2.23. The standard InChI is InChI=1S/C15H20N2O.ClH/c1-2-15(18)17-11-13-5-3-4-6-14(13)12-7-9-16-10-8-12;/h3-7,16H,2,8-11H2,1H3,(H,17,18);1H. The zero-order valence-corrected chi connectivity index (χ0v) is 12.1. The Labute approximate surface area is 120 Å². The summed E-state index contributed by atoms with van der Waals surface area (Å²) >= 11 is 0. The van der Waals surface area contributed by atoms with Gasteiger partial charge < -0.3 is 10.6 Å². The molecule has 1 aromatic carbocycles. The molecule has 1 aliphatic heterocycles. The molecule has 0 radical (unpaired) electrons. The van der Waals surface area contributed by atoms with Gasteiger partial charge in [0.15, 0.2) is 0 Å². The van der Waals surface area contributed by atoms with Gasteiger partial charge in [0, 0.05) is 19.5 Å². The van der Waals surface area contributed by atoms with Crippen molar-refractivity contribution in [2.45, 2.75) is 26.3 Å². The van der Waals surface area contributed by atoms with E-state index in [1.165, 1.54) is 16.7 Å². The lowest BCUT2D eigenvalue weighted by atomic mass is 9.95. The van der Waals surface area contributed by atoms with E-state index in [4.69, 9.17) is 0 Å². The molecular formula is C15H21ClN2O. The van der Waals surface area contributed by atoms with E-state index >= 15 is 0 Å². The molecule has 0 aliphatic carbocycles. The zero-order valence-electron chi connectivity index (χ0n) is 11.2. The molecule has 1 aliphatic rings. The summed E-state index contributed by atoms with van der Waals surface area (Å²) in [5, 5.41) is 6.26. The summed E-state index contributed by atoms with van der Waals surface area (Å²) in [5.74, 6) is 0.101. The maximum absolute atomic E-state index is 11.3. The van der Waals surface area contributed by atoms with Crippen LogP contribution in [0.1, 0.15) is 30.9 Å². The molecule has 1 heterocycles. The second kappa shape index (κ2) is 7.97. The number of nitrogens with one attached hydrogen (secondary N) is 2. The Hall–Kier alpha value is -1.32. The van der Waals surface area contributed by atoms with Crippen molar-refractivity contribution in [3.63, 3.8) is 0 Å². The van der Waals surface area contributed by atoms with Crippen molar-refractivity contribution in [1.29, 1.82) is 0 Å². The molecular weight excluding hydrogens is 260 g/mol. The Bertz CT molecular complexity index is 457. The molecule has 2 N–H and O–H groups in total. The van der Waals surface area contributed by atoms with Crippen molar-refractivity contribution in [3.05, 3.63) is 41.5 Å². The number of rotatable bonds is 4. The average Bonchev–Trinajstić information content (AvgIpc) is 2.46. The van der Waals surface area contributed by atoms with E-state index in [1.807, 2.05) is 13.0 Å². The van der Waals surface area contributed by atoms with Gasteiger partial charge in [0.2, 0.25) is 5.91 Å². The predicted molar refractivity (Wildman–Crippen MR) is 81.3 cm³/mol. The van der Waals surface area contributed by atoms with Crippen LogP contribution in [0.25, 0.3) is 5.57 Å². The van der Waals surface area contributed by atoms with Crippen LogP contribution in [0.3, 0.4) is 0 Å². The Kier molecular flexibility index (Phi) is 6.60. The number of benzene rings is 1. The number of carbonyl (C=O) groups is 1. The van der Waals surface area contributed by atoms with Crippen LogP contribution in [-0.4, -0.2) is 19.0 Å². The van der Waals surface area contributed by atoms with Gasteiger partial charge in [-0.25, -0.2) is 0 Å². The SMILES string of the molecule is CCC(=O)NCc1ccccc1C1=CCNCC1.Cl. The van der Waals surface area contributed by atoms with E-state index in [-0.39, 0.29) is 18.3 Å². The maximum atomic E-state index is 11.3. The highest BCUT2D eigenvalue weighted by molar-refractivity contribution is 5.85. The Balaban J connectivity index is 0.00000180. The third-order valence-corrected chi connectivity index (χ3v) is 3.22. The molecule has 0 aromatic heterocycles. The number of hydrogen-bond donors (Lipinski definition) is 2. The first-order chi connectivity index (χ1) is 8.81. The first-order valence-corrected chi connectivity index (χ1v) is 6.56. The van der Waals surface area contributed by atoms with Crippen LogP contribution in [0.2, 0.25) is 0 Å². The molecule has 1 aromatic rings. The van der Waals surface area contributed by atoms with E-state index in [9.17, 15) is 4.79 Å². The van der Waals surface area contributed by atoms with Gasteiger partial charge >= 0.3 is 0 Å². The van der Waals surface area contributed by atoms with Crippen LogP contribution < -0.4 is 10.6 Å². The van der Waals surface area contributed by atoms with Gasteiger partial charge in [-0.1, -0.05) is 37.3 Å². The van der Waals surface area contributed by atoms with Crippen LogP contribution in [0.4, 0.5) is 0 Å². The molecule has 19 heavy (non-hydrogen) atoms. The van der Waals surface area contributed by atoms with Gasteiger partial charge in [-0.05, 0) is 29.7 Å². The second-order valence-electron chi connectivity index (χ2n) is 4.47. The number of halogens is 1. The highest BCUT2D eigenvalue weighted by Gasteiger charge is 2.10. The van der Waals surface area contributed by atoms with E-state index in [0.29, 0.717) is 13.0 Å². The Morgan fingerprint density at radius 1 is 1.37 bits per heavy atom. The fraction of sp³-hybridized carbons (Fsp3) is 0.400. The molecule has 3 nitrogen and oxygen atoms in total. The second-order valence-corrected chi connectivity index (χ2v) is 4.47. The summed E-state index contributed by atoms with van der Waals surface area (Å²) in [6.07, 6.45) is 3.83. The van der Waals surface area contributed by atoms with Gasteiger partial charge in [0.05, 0.1) is 0 Å². The first-order valence-electron chi connectivity index (χ1n) is 6.56. The molecule has 104 valence electrons. The minimum Gasteiger partial charge on any atom is -0.352 e. The molecule has 0 spiro atoms. The minimum atomic E-state index is 0. The quantitative estimate of drug-likeness (QED) is 0.890. The smallest absolute Gasteiger partial charge is 0.219 e. The van der Waals surface area contributed by atoms with Gasteiger partial charge in [0.1, 0.15) is 0 Å². The molecule has 0 saturated heterocycles. The van der Waals surface area contributed by atoms with Gasteiger partial charge in [0.25, 0.3) is 0 Å². The summed E-state index contributed by atoms with van der Waals surface area (Å²) < 4.78 is 0. The lowest BCUT2D eigenvalue weighted by Crippen LogP contribution is -2.23. The van der Waals surface area contributed by atoms with Crippen molar-refractivity contribution < 1.29 is 4.79 Å². The largest absolute Gasteiger partial charge is 0.352 e. The summed E-state index contributed by atoms with van der Waals surface area (Å²) in [7, 11) is 0. The lowest BCUT2D eigenvalue weighted by Gasteiger charge is -2.17. The van der Waals surface area contributed by atoms with E-state index in [2.05, 4.69) is 34.9 Å². The van der Waals surface area contributed by atoms with Gasteiger partial charge in [-0.3, -0.25) is 4.79 Å². The fourth-order valence-electron chi connectivity index (χ4n) is 2.17. The highest BCUT2D eigenvalue weighted by atomic mass is 35.5. The van der Waals surface area contributed by atoms with Crippen molar-refractivity contribution in [2.75, 3.05) is 13.1 Å². The number of carbonyl (C=O) groups excluding carboxylic acids is 1. The molecule has 0 atom stereocenters. The molecule has 1 amide bonds.